The Morgan fingerprint density at radius 2 is 2.00 bits per heavy atom. The van der Waals surface area contributed by atoms with E-state index in [0.717, 1.165) is 35.8 Å². The summed E-state index contributed by atoms with van der Waals surface area (Å²) in [6, 6.07) is 14.0. The van der Waals surface area contributed by atoms with Gasteiger partial charge in [-0.3, -0.25) is 4.79 Å². The number of carbonyl (C=O) groups excluding carboxylic acids is 1. The van der Waals surface area contributed by atoms with Crippen LogP contribution in [0.3, 0.4) is 0 Å². The lowest BCUT2D eigenvalue weighted by molar-refractivity contribution is -0.119. The van der Waals surface area contributed by atoms with Crippen LogP contribution in [-0.4, -0.2) is 25.1 Å². The molecule has 0 saturated carbocycles. The highest BCUT2D eigenvalue weighted by Crippen LogP contribution is 2.29. The van der Waals surface area contributed by atoms with Crippen LogP contribution < -0.4 is 15.0 Å². The maximum atomic E-state index is 11.2. The van der Waals surface area contributed by atoms with Gasteiger partial charge in [0.2, 0.25) is 5.91 Å². The summed E-state index contributed by atoms with van der Waals surface area (Å²) < 4.78 is 6.15. The van der Waals surface area contributed by atoms with Gasteiger partial charge in [-0.2, -0.15) is 0 Å². The SMILES string of the molecule is CC(=O)N[C@@H](C)c1ccc(O[C@@H]2CCN(c3cc(Cl)ccc3C)C2)cc1. The zero-order chi connectivity index (χ0) is 18.7. The Morgan fingerprint density at radius 3 is 2.69 bits per heavy atom. The van der Waals surface area contributed by atoms with Gasteiger partial charge >= 0.3 is 0 Å². The van der Waals surface area contributed by atoms with Gasteiger partial charge < -0.3 is 15.0 Å². The molecule has 1 heterocycles. The molecule has 4 nitrogen and oxygen atoms in total. The summed E-state index contributed by atoms with van der Waals surface area (Å²) in [7, 11) is 0. The number of amides is 1. The Hall–Kier alpha value is -2.20. The highest BCUT2D eigenvalue weighted by Gasteiger charge is 2.25. The van der Waals surface area contributed by atoms with Gasteiger partial charge in [-0.15, -0.1) is 0 Å². The molecule has 1 aliphatic rings. The monoisotopic (exact) mass is 372 g/mol. The van der Waals surface area contributed by atoms with Crippen LogP contribution in [-0.2, 0) is 4.79 Å². The Morgan fingerprint density at radius 1 is 1.27 bits per heavy atom. The lowest BCUT2D eigenvalue weighted by atomic mass is 10.1. The second-order valence-corrected chi connectivity index (χ2v) is 7.33. The van der Waals surface area contributed by atoms with Crippen molar-refractivity contribution in [2.45, 2.75) is 39.3 Å². The topological polar surface area (TPSA) is 41.6 Å². The van der Waals surface area contributed by atoms with Gasteiger partial charge in [0.15, 0.2) is 0 Å². The first-order chi connectivity index (χ1) is 12.4. The summed E-state index contributed by atoms with van der Waals surface area (Å²) in [6.07, 6.45) is 1.14. The van der Waals surface area contributed by atoms with E-state index in [1.54, 1.807) is 0 Å². The summed E-state index contributed by atoms with van der Waals surface area (Å²) in [6.45, 7) is 7.42. The normalized spacial score (nSPS) is 17.8. The third kappa shape index (κ3) is 4.50. The molecule has 1 aliphatic heterocycles. The molecule has 0 bridgehead atoms. The highest BCUT2D eigenvalue weighted by molar-refractivity contribution is 6.30. The molecule has 3 rings (SSSR count). The van der Waals surface area contributed by atoms with Crippen molar-refractivity contribution in [3.8, 4) is 5.75 Å². The fourth-order valence-corrected chi connectivity index (χ4v) is 3.55. The van der Waals surface area contributed by atoms with E-state index >= 15 is 0 Å². The highest BCUT2D eigenvalue weighted by atomic mass is 35.5. The molecule has 5 heteroatoms. The minimum Gasteiger partial charge on any atom is -0.489 e. The van der Waals surface area contributed by atoms with Crippen LogP contribution in [0, 0.1) is 6.92 Å². The smallest absolute Gasteiger partial charge is 0.217 e. The van der Waals surface area contributed by atoms with E-state index in [4.69, 9.17) is 16.3 Å². The van der Waals surface area contributed by atoms with Crippen molar-refractivity contribution in [2.24, 2.45) is 0 Å². The predicted octanol–water partition coefficient (Wildman–Crippen LogP) is 4.50. The van der Waals surface area contributed by atoms with E-state index in [2.05, 4.69) is 23.2 Å². The average Bonchev–Trinajstić information content (AvgIpc) is 3.05. The van der Waals surface area contributed by atoms with Gasteiger partial charge in [0.1, 0.15) is 11.9 Å². The van der Waals surface area contributed by atoms with Crippen LogP contribution in [0.5, 0.6) is 5.75 Å². The summed E-state index contributed by atoms with van der Waals surface area (Å²) in [4.78, 5) is 13.5. The Balaban J connectivity index is 1.60. The molecule has 1 saturated heterocycles. The van der Waals surface area contributed by atoms with Gasteiger partial charge in [0, 0.05) is 30.6 Å². The van der Waals surface area contributed by atoms with Gasteiger partial charge in [-0.1, -0.05) is 29.8 Å². The van der Waals surface area contributed by atoms with Crippen LogP contribution in [0.15, 0.2) is 42.5 Å². The van der Waals surface area contributed by atoms with E-state index in [0.29, 0.717) is 0 Å². The number of nitrogens with zero attached hydrogens (tertiary/aromatic N) is 1. The molecule has 0 radical (unpaired) electrons. The number of hydrogen-bond acceptors (Lipinski definition) is 3. The van der Waals surface area contributed by atoms with Crippen LogP contribution >= 0.6 is 11.6 Å². The Bertz CT molecular complexity index is 776. The third-order valence-electron chi connectivity index (χ3n) is 4.76. The summed E-state index contributed by atoms with van der Waals surface area (Å²) >= 11 is 6.15. The quantitative estimate of drug-likeness (QED) is 0.839. The minimum absolute atomic E-state index is 0.00525. The number of hydrogen-bond donors (Lipinski definition) is 1. The molecule has 0 aromatic heterocycles. The van der Waals surface area contributed by atoms with Crippen molar-refractivity contribution >= 4 is 23.2 Å². The molecule has 1 N–H and O–H groups in total. The van der Waals surface area contributed by atoms with E-state index in [1.165, 1.54) is 18.2 Å². The van der Waals surface area contributed by atoms with Crippen LogP contribution in [0.4, 0.5) is 5.69 Å². The van der Waals surface area contributed by atoms with Gasteiger partial charge in [0.25, 0.3) is 0 Å². The van der Waals surface area contributed by atoms with Gasteiger partial charge in [0.05, 0.1) is 12.6 Å². The maximum Gasteiger partial charge on any atom is 0.217 e. The van der Waals surface area contributed by atoms with Gasteiger partial charge in [-0.05, 0) is 49.2 Å². The predicted molar refractivity (Wildman–Crippen MR) is 106 cm³/mol. The van der Waals surface area contributed by atoms with Crippen molar-refractivity contribution in [3.63, 3.8) is 0 Å². The fraction of sp³-hybridized carbons (Fsp3) is 0.381. The lowest BCUT2D eigenvalue weighted by Gasteiger charge is -2.21. The number of rotatable bonds is 5. The van der Waals surface area contributed by atoms with E-state index in [-0.39, 0.29) is 18.1 Å². The molecular weight excluding hydrogens is 348 g/mol. The van der Waals surface area contributed by atoms with Crippen molar-refractivity contribution in [2.75, 3.05) is 18.0 Å². The standard InChI is InChI=1S/C21H25ClN2O2/c1-14-4-7-18(22)12-21(14)24-11-10-20(13-24)26-19-8-5-17(6-9-19)15(2)23-16(3)25/h4-9,12,15,20H,10-11,13H2,1-3H3,(H,23,25)/t15-,20+/m0/s1. The Kier molecular flexibility index (Phi) is 5.72. The molecule has 0 spiro atoms. The summed E-state index contributed by atoms with van der Waals surface area (Å²) in [5.74, 6) is 0.832. The summed E-state index contributed by atoms with van der Waals surface area (Å²) in [5.41, 5.74) is 3.48. The Labute approximate surface area is 160 Å². The number of ether oxygens (including phenoxy) is 1. The third-order valence-corrected chi connectivity index (χ3v) is 4.99. The lowest BCUT2D eigenvalue weighted by Crippen LogP contribution is -2.25. The first kappa shape index (κ1) is 18.6. The zero-order valence-electron chi connectivity index (χ0n) is 15.5. The minimum atomic E-state index is -0.0276. The van der Waals surface area contributed by atoms with E-state index < -0.39 is 0 Å². The van der Waals surface area contributed by atoms with Gasteiger partial charge in [-0.25, -0.2) is 0 Å². The maximum absolute atomic E-state index is 11.2. The number of carbonyl (C=O) groups is 1. The van der Waals surface area contributed by atoms with Crippen molar-refractivity contribution < 1.29 is 9.53 Å². The molecule has 138 valence electrons. The summed E-state index contributed by atoms with van der Waals surface area (Å²) in [5, 5.41) is 3.65. The van der Waals surface area contributed by atoms with Crippen LogP contribution in [0.1, 0.15) is 37.4 Å². The molecule has 2 aromatic carbocycles. The van der Waals surface area contributed by atoms with Crippen LogP contribution in [0.25, 0.3) is 0 Å². The molecule has 26 heavy (non-hydrogen) atoms. The first-order valence-electron chi connectivity index (χ1n) is 8.97. The number of anilines is 1. The van der Waals surface area contributed by atoms with Crippen molar-refractivity contribution in [1.82, 2.24) is 5.32 Å². The second-order valence-electron chi connectivity index (χ2n) is 6.90. The largest absolute Gasteiger partial charge is 0.489 e. The van der Waals surface area contributed by atoms with Crippen molar-refractivity contribution in [3.05, 3.63) is 58.6 Å². The average molecular weight is 373 g/mol. The van der Waals surface area contributed by atoms with E-state index in [1.807, 2.05) is 43.3 Å². The number of benzene rings is 2. The molecule has 1 fully saturated rings. The second kappa shape index (κ2) is 8.00. The number of aryl methyl sites for hydroxylation is 1. The molecule has 2 atom stereocenters. The van der Waals surface area contributed by atoms with E-state index in [9.17, 15) is 4.79 Å². The van der Waals surface area contributed by atoms with Crippen molar-refractivity contribution in [1.29, 1.82) is 0 Å². The molecule has 0 aliphatic carbocycles. The zero-order valence-corrected chi connectivity index (χ0v) is 16.2. The number of nitrogens with one attached hydrogen (secondary N) is 1. The molecule has 2 aromatic rings. The molecular formula is C21H25ClN2O2. The van der Waals surface area contributed by atoms with Crippen LogP contribution in [0.2, 0.25) is 5.02 Å². The fourth-order valence-electron chi connectivity index (χ4n) is 3.38. The molecule has 0 unspecified atom stereocenters. The first-order valence-corrected chi connectivity index (χ1v) is 9.35. The number of halogens is 1. The molecule has 1 amide bonds.